The minimum atomic E-state index is -0.406. The number of hydrogen-bond acceptors (Lipinski definition) is 4. The van der Waals surface area contributed by atoms with Crippen LogP contribution < -0.4 is 5.32 Å². The van der Waals surface area contributed by atoms with Crippen molar-refractivity contribution in [2.75, 3.05) is 12.4 Å². The molecular formula is C17H16N4O2. The quantitative estimate of drug-likeness (QED) is 0.588. The van der Waals surface area contributed by atoms with E-state index in [2.05, 4.69) is 10.3 Å². The van der Waals surface area contributed by atoms with E-state index in [1.807, 2.05) is 49.0 Å². The number of nitro groups is 1. The van der Waals surface area contributed by atoms with E-state index < -0.39 is 4.92 Å². The Balaban J connectivity index is 2.02. The minimum absolute atomic E-state index is 0.0745. The van der Waals surface area contributed by atoms with Crippen LogP contribution in [0.1, 0.15) is 5.82 Å². The third-order valence-corrected chi connectivity index (χ3v) is 3.69. The Labute approximate surface area is 133 Å². The normalized spacial score (nSPS) is 10.5. The lowest BCUT2D eigenvalue weighted by Crippen LogP contribution is -2.00. The maximum Gasteiger partial charge on any atom is 0.269 e. The van der Waals surface area contributed by atoms with Gasteiger partial charge in [-0.25, -0.2) is 4.98 Å². The smallest absolute Gasteiger partial charge is 0.269 e. The summed E-state index contributed by atoms with van der Waals surface area (Å²) in [6.45, 7) is 1.93. The number of rotatable bonds is 4. The van der Waals surface area contributed by atoms with E-state index in [9.17, 15) is 10.1 Å². The van der Waals surface area contributed by atoms with Crippen molar-refractivity contribution in [1.82, 2.24) is 9.55 Å². The van der Waals surface area contributed by atoms with Crippen LogP contribution in [0.25, 0.3) is 16.9 Å². The summed E-state index contributed by atoms with van der Waals surface area (Å²) in [5.41, 5.74) is 3.71. The van der Waals surface area contributed by atoms with Crippen LogP contribution in [0.3, 0.4) is 0 Å². The largest absolute Gasteiger partial charge is 0.386 e. The molecule has 1 aromatic heterocycles. The van der Waals surface area contributed by atoms with E-state index in [1.165, 1.54) is 12.1 Å². The lowest BCUT2D eigenvalue weighted by atomic mass is 10.1. The Morgan fingerprint density at radius 1 is 1.13 bits per heavy atom. The van der Waals surface area contributed by atoms with E-state index in [0.29, 0.717) is 0 Å². The highest BCUT2D eigenvalue weighted by Crippen LogP contribution is 2.26. The molecule has 2 aromatic carbocycles. The van der Waals surface area contributed by atoms with Crippen molar-refractivity contribution in [3.8, 4) is 16.9 Å². The number of non-ortho nitro benzene ring substituents is 1. The van der Waals surface area contributed by atoms with Gasteiger partial charge in [0.2, 0.25) is 0 Å². The number of nitrogens with zero attached hydrogens (tertiary/aromatic N) is 3. The Bertz CT molecular complexity index is 853. The molecule has 23 heavy (non-hydrogen) atoms. The molecule has 1 N–H and O–H groups in total. The number of para-hydroxylation sites is 2. The molecule has 0 aliphatic rings. The summed E-state index contributed by atoms with van der Waals surface area (Å²) in [7, 11) is 1.88. The van der Waals surface area contributed by atoms with Gasteiger partial charge in [0.25, 0.3) is 5.69 Å². The van der Waals surface area contributed by atoms with Gasteiger partial charge in [-0.15, -0.1) is 0 Å². The first-order chi connectivity index (χ1) is 11.1. The van der Waals surface area contributed by atoms with E-state index >= 15 is 0 Å². The minimum Gasteiger partial charge on any atom is -0.386 e. The van der Waals surface area contributed by atoms with Crippen molar-refractivity contribution in [2.24, 2.45) is 0 Å². The Morgan fingerprint density at radius 3 is 2.48 bits per heavy atom. The molecule has 3 aromatic rings. The fraction of sp³-hybridized carbons (Fsp3) is 0.118. The van der Waals surface area contributed by atoms with Crippen LogP contribution in [0.15, 0.2) is 54.7 Å². The van der Waals surface area contributed by atoms with Crippen molar-refractivity contribution in [3.63, 3.8) is 0 Å². The van der Waals surface area contributed by atoms with Gasteiger partial charge in [0.05, 0.1) is 22.0 Å². The number of nitro benzene ring substituents is 1. The number of imidazole rings is 1. The SMILES string of the molecule is CNc1ccccc1-n1cc(-c2ccc([N+](=O)[O-])cc2)nc1C. The molecule has 0 fully saturated rings. The number of anilines is 1. The van der Waals surface area contributed by atoms with Crippen LogP contribution in [0.4, 0.5) is 11.4 Å². The average molecular weight is 308 g/mol. The van der Waals surface area contributed by atoms with Gasteiger partial charge in [-0.1, -0.05) is 12.1 Å². The van der Waals surface area contributed by atoms with Gasteiger partial charge < -0.3 is 9.88 Å². The molecular weight excluding hydrogens is 292 g/mol. The fourth-order valence-electron chi connectivity index (χ4n) is 2.50. The van der Waals surface area contributed by atoms with Crippen LogP contribution >= 0.6 is 0 Å². The van der Waals surface area contributed by atoms with Gasteiger partial charge in [-0.2, -0.15) is 0 Å². The monoisotopic (exact) mass is 308 g/mol. The molecule has 116 valence electrons. The zero-order valence-electron chi connectivity index (χ0n) is 12.9. The maximum atomic E-state index is 10.7. The lowest BCUT2D eigenvalue weighted by molar-refractivity contribution is -0.384. The predicted octanol–water partition coefficient (Wildman–Crippen LogP) is 3.80. The second-order valence-corrected chi connectivity index (χ2v) is 5.11. The molecule has 0 atom stereocenters. The van der Waals surface area contributed by atoms with Gasteiger partial charge in [0, 0.05) is 30.9 Å². The molecule has 3 rings (SSSR count). The first kappa shape index (κ1) is 14.8. The molecule has 0 radical (unpaired) electrons. The average Bonchev–Trinajstić information content (AvgIpc) is 2.96. The second-order valence-electron chi connectivity index (χ2n) is 5.11. The molecule has 0 aliphatic heterocycles. The van der Waals surface area contributed by atoms with Crippen LogP contribution in [-0.2, 0) is 0 Å². The lowest BCUT2D eigenvalue weighted by Gasteiger charge is -2.10. The topological polar surface area (TPSA) is 73.0 Å². The molecule has 6 heteroatoms. The summed E-state index contributed by atoms with van der Waals surface area (Å²) < 4.78 is 2.00. The summed E-state index contributed by atoms with van der Waals surface area (Å²) in [6.07, 6.45) is 1.94. The van der Waals surface area contributed by atoms with Crippen molar-refractivity contribution >= 4 is 11.4 Å². The van der Waals surface area contributed by atoms with E-state index in [4.69, 9.17) is 0 Å². The summed E-state index contributed by atoms with van der Waals surface area (Å²) >= 11 is 0. The van der Waals surface area contributed by atoms with Crippen LogP contribution in [0.5, 0.6) is 0 Å². The number of aromatic nitrogens is 2. The first-order valence-electron chi connectivity index (χ1n) is 7.18. The highest BCUT2D eigenvalue weighted by molar-refractivity contribution is 5.65. The molecule has 0 unspecified atom stereocenters. The zero-order chi connectivity index (χ0) is 16.4. The molecule has 0 spiro atoms. The molecule has 0 aliphatic carbocycles. The van der Waals surface area contributed by atoms with Crippen molar-refractivity contribution in [2.45, 2.75) is 6.92 Å². The van der Waals surface area contributed by atoms with E-state index in [1.54, 1.807) is 12.1 Å². The van der Waals surface area contributed by atoms with Crippen molar-refractivity contribution in [3.05, 3.63) is 70.7 Å². The summed E-state index contributed by atoms with van der Waals surface area (Å²) in [6, 6.07) is 14.4. The van der Waals surface area contributed by atoms with E-state index in [0.717, 1.165) is 28.5 Å². The van der Waals surface area contributed by atoms with Gasteiger partial charge in [-0.05, 0) is 31.2 Å². The molecule has 1 heterocycles. The van der Waals surface area contributed by atoms with Gasteiger partial charge >= 0.3 is 0 Å². The Morgan fingerprint density at radius 2 is 1.83 bits per heavy atom. The summed E-state index contributed by atoms with van der Waals surface area (Å²) in [5, 5.41) is 13.9. The number of aryl methyl sites for hydroxylation is 1. The third kappa shape index (κ3) is 2.78. The standard InChI is InChI=1S/C17H16N4O2/c1-12-19-16(13-7-9-14(10-8-13)21(22)23)11-20(12)17-6-4-3-5-15(17)18-2/h3-11,18H,1-2H3. The van der Waals surface area contributed by atoms with Crippen LogP contribution in [-0.4, -0.2) is 21.5 Å². The van der Waals surface area contributed by atoms with E-state index in [-0.39, 0.29) is 5.69 Å². The number of hydrogen-bond donors (Lipinski definition) is 1. The second kappa shape index (κ2) is 5.92. The third-order valence-electron chi connectivity index (χ3n) is 3.69. The summed E-state index contributed by atoms with van der Waals surface area (Å²) in [4.78, 5) is 14.9. The highest BCUT2D eigenvalue weighted by Gasteiger charge is 2.11. The zero-order valence-corrected chi connectivity index (χ0v) is 12.9. The predicted molar refractivity (Wildman–Crippen MR) is 89.9 cm³/mol. The number of benzene rings is 2. The Kier molecular flexibility index (Phi) is 3.80. The fourth-order valence-corrected chi connectivity index (χ4v) is 2.50. The maximum absolute atomic E-state index is 10.7. The van der Waals surface area contributed by atoms with Crippen molar-refractivity contribution in [1.29, 1.82) is 0 Å². The van der Waals surface area contributed by atoms with Gasteiger partial charge in [0.15, 0.2) is 0 Å². The van der Waals surface area contributed by atoms with Crippen molar-refractivity contribution < 1.29 is 4.92 Å². The Hall–Kier alpha value is -3.15. The van der Waals surface area contributed by atoms with Gasteiger partial charge in [-0.3, -0.25) is 10.1 Å². The summed E-state index contributed by atoms with van der Waals surface area (Å²) in [5.74, 6) is 0.848. The molecule has 0 bridgehead atoms. The van der Waals surface area contributed by atoms with Crippen LogP contribution in [0, 0.1) is 17.0 Å². The molecule has 0 saturated heterocycles. The van der Waals surface area contributed by atoms with Gasteiger partial charge in [0.1, 0.15) is 5.82 Å². The van der Waals surface area contributed by atoms with Crippen LogP contribution in [0.2, 0.25) is 0 Å². The first-order valence-corrected chi connectivity index (χ1v) is 7.18. The molecule has 0 amide bonds. The highest BCUT2D eigenvalue weighted by atomic mass is 16.6. The molecule has 6 nitrogen and oxygen atoms in total. The molecule has 0 saturated carbocycles. The number of nitrogens with one attached hydrogen (secondary N) is 1.